The van der Waals surface area contributed by atoms with Gasteiger partial charge in [0.2, 0.25) is 5.91 Å². The fourth-order valence-electron chi connectivity index (χ4n) is 2.89. The minimum atomic E-state index is -0.466. The molecule has 0 aliphatic heterocycles. The molecule has 6 heteroatoms. The lowest BCUT2D eigenvalue weighted by Gasteiger charge is -2.20. The first-order valence-electron chi connectivity index (χ1n) is 8.83. The number of aromatic nitrogens is 4. The smallest absolute Gasteiger partial charge is 0.245 e. The Bertz CT molecular complexity index is 790. The molecule has 1 aromatic heterocycles. The maximum Gasteiger partial charge on any atom is 0.245 e. The number of carbonyl (C=O) groups is 1. The van der Waals surface area contributed by atoms with E-state index in [9.17, 15) is 4.79 Å². The molecule has 2 atom stereocenters. The highest BCUT2D eigenvalue weighted by Crippen LogP contribution is 2.14. The second-order valence-corrected chi connectivity index (χ2v) is 6.43. The summed E-state index contributed by atoms with van der Waals surface area (Å²) in [5, 5.41) is 14.4. The molecule has 1 amide bonds. The van der Waals surface area contributed by atoms with E-state index in [2.05, 4.69) is 33.0 Å². The molecule has 1 heterocycles. The van der Waals surface area contributed by atoms with Crippen molar-refractivity contribution in [3.63, 3.8) is 0 Å². The summed E-state index contributed by atoms with van der Waals surface area (Å²) in [6.07, 6.45) is 3.84. The highest BCUT2D eigenvalue weighted by Gasteiger charge is 2.23. The van der Waals surface area contributed by atoms with Gasteiger partial charge in [-0.3, -0.25) is 4.79 Å². The minimum absolute atomic E-state index is 0.0671. The molecular weight excluding hydrogens is 326 g/mol. The van der Waals surface area contributed by atoms with E-state index in [1.54, 1.807) is 0 Å². The van der Waals surface area contributed by atoms with Crippen molar-refractivity contribution < 1.29 is 4.79 Å². The summed E-state index contributed by atoms with van der Waals surface area (Å²) >= 11 is 0. The summed E-state index contributed by atoms with van der Waals surface area (Å²) in [5.41, 5.74) is 2.34. The average Bonchev–Trinajstić information content (AvgIpc) is 3.20. The summed E-state index contributed by atoms with van der Waals surface area (Å²) < 4.78 is 1.52. The van der Waals surface area contributed by atoms with Crippen LogP contribution in [-0.4, -0.2) is 32.2 Å². The number of amides is 1. The second kappa shape index (κ2) is 8.89. The van der Waals surface area contributed by atoms with Crippen molar-refractivity contribution in [2.45, 2.75) is 38.3 Å². The highest BCUT2D eigenvalue weighted by molar-refractivity contribution is 5.80. The number of nitrogens with zero attached hydrogens (tertiary/aromatic N) is 4. The lowest BCUT2D eigenvalue weighted by molar-refractivity contribution is -0.125. The van der Waals surface area contributed by atoms with Crippen LogP contribution in [0.4, 0.5) is 0 Å². The van der Waals surface area contributed by atoms with Gasteiger partial charge in [-0.2, -0.15) is 0 Å². The molecule has 6 nitrogen and oxygen atoms in total. The van der Waals surface area contributed by atoms with Crippen LogP contribution < -0.4 is 5.32 Å². The maximum absolute atomic E-state index is 12.8. The van der Waals surface area contributed by atoms with E-state index < -0.39 is 6.04 Å². The minimum Gasteiger partial charge on any atom is -0.352 e. The van der Waals surface area contributed by atoms with Crippen LogP contribution in [-0.2, 0) is 17.6 Å². The predicted molar refractivity (Wildman–Crippen MR) is 99.4 cm³/mol. The predicted octanol–water partition coefficient (Wildman–Crippen LogP) is 2.59. The first kappa shape index (κ1) is 17.8. The van der Waals surface area contributed by atoms with Crippen LogP contribution in [0.2, 0.25) is 0 Å². The van der Waals surface area contributed by atoms with Crippen LogP contribution in [0.3, 0.4) is 0 Å². The Balaban J connectivity index is 1.61. The van der Waals surface area contributed by atoms with Gasteiger partial charge in [0, 0.05) is 12.5 Å². The van der Waals surface area contributed by atoms with E-state index in [0.717, 1.165) is 18.4 Å². The number of nitrogens with one attached hydrogen (secondary N) is 1. The number of carbonyl (C=O) groups excluding carboxylic acids is 1. The van der Waals surface area contributed by atoms with Gasteiger partial charge in [0.05, 0.1) is 0 Å². The molecule has 0 unspecified atom stereocenters. The molecule has 134 valence electrons. The lowest BCUT2D eigenvalue weighted by Crippen LogP contribution is -2.39. The highest BCUT2D eigenvalue weighted by atomic mass is 16.2. The van der Waals surface area contributed by atoms with Crippen LogP contribution in [0.5, 0.6) is 0 Å². The Morgan fingerprint density at radius 2 is 1.69 bits per heavy atom. The number of benzene rings is 2. The molecule has 0 aliphatic carbocycles. The van der Waals surface area contributed by atoms with Crippen molar-refractivity contribution >= 4 is 5.91 Å². The van der Waals surface area contributed by atoms with Gasteiger partial charge in [-0.15, -0.1) is 5.10 Å². The largest absolute Gasteiger partial charge is 0.352 e. The van der Waals surface area contributed by atoms with E-state index in [-0.39, 0.29) is 11.9 Å². The Morgan fingerprint density at radius 1 is 1.04 bits per heavy atom. The van der Waals surface area contributed by atoms with Gasteiger partial charge < -0.3 is 5.32 Å². The fraction of sp³-hybridized carbons (Fsp3) is 0.300. The van der Waals surface area contributed by atoms with E-state index in [0.29, 0.717) is 6.42 Å². The monoisotopic (exact) mass is 349 g/mol. The third-order valence-electron chi connectivity index (χ3n) is 4.36. The van der Waals surface area contributed by atoms with Crippen molar-refractivity contribution in [1.29, 1.82) is 0 Å². The Kier molecular flexibility index (Phi) is 6.09. The molecule has 0 spiro atoms. The van der Waals surface area contributed by atoms with Crippen LogP contribution in [0.1, 0.15) is 30.5 Å². The van der Waals surface area contributed by atoms with Crippen molar-refractivity contribution in [3.8, 4) is 0 Å². The average molecular weight is 349 g/mol. The van der Waals surface area contributed by atoms with E-state index >= 15 is 0 Å². The Hall–Kier alpha value is -3.02. The Morgan fingerprint density at radius 3 is 2.31 bits per heavy atom. The molecule has 0 bridgehead atoms. The standard InChI is InChI=1S/C20H23N5O/c1-16(12-13-17-8-4-2-5-9-17)22-20(26)19(25-15-21-23-24-25)14-18-10-6-3-7-11-18/h2-11,15-16,19H,12-14H2,1H3,(H,22,26)/t16-,19-/m1/s1. The van der Waals surface area contributed by atoms with Crippen LogP contribution in [0.15, 0.2) is 67.0 Å². The van der Waals surface area contributed by atoms with Gasteiger partial charge in [0.1, 0.15) is 12.4 Å². The fourth-order valence-corrected chi connectivity index (χ4v) is 2.89. The van der Waals surface area contributed by atoms with Crippen molar-refractivity contribution in [2.24, 2.45) is 0 Å². The normalized spacial score (nSPS) is 13.1. The number of tetrazole rings is 1. The molecule has 0 aliphatic rings. The van der Waals surface area contributed by atoms with Gasteiger partial charge in [-0.05, 0) is 41.3 Å². The summed E-state index contributed by atoms with van der Waals surface area (Å²) in [7, 11) is 0. The second-order valence-electron chi connectivity index (χ2n) is 6.43. The molecule has 0 fully saturated rings. The maximum atomic E-state index is 12.8. The topological polar surface area (TPSA) is 72.7 Å². The van der Waals surface area contributed by atoms with Gasteiger partial charge in [0.25, 0.3) is 0 Å². The van der Waals surface area contributed by atoms with Gasteiger partial charge >= 0.3 is 0 Å². The molecule has 2 aromatic carbocycles. The van der Waals surface area contributed by atoms with Gasteiger partial charge in [-0.1, -0.05) is 60.7 Å². The molecular formula is C20H23N5O. The van der Waals surface area contributed by atoms with Crippen molar-refractivity contribution in [3.05, 3.63) is 78.1 Å². The van der Waals surface area contributed by atoms with Crippen molar-refractivity contribution in [1.82, 2.24) is 25.5 Å². The summed E-state index contributed by atoms with van der Waals surface area (Å²) in [5.74, 6) is -0.0679. The van der Waals surface area contributed by atoms with E-state index in [1.165, 1.54) is 16.6 Å². The molecule has 1 N–H and O–H groups in total. The van der Waals surface area contributed by atoms with Gasteiger partial charge in [-0.25, -0.2) is 4.68 Å². The SMILES string of the molecule is C[C@H](CCc1ccccc1)NC(=O)[C@@H](Cc1ccccc1)n1cnnn1. The zero-order valence-electron chi connectivity index (χ0n) is 14.8. The lowest BCUT2D eigenvalue weighted by atomic mass is 10.0. The first-order chi connectivity index (χ1) is 12.7. The molecule has 0 saturated carbocycles. The molecule has 3 rings (SSSR count). The third-order valence-corrected chi connectivity index (χ3v) is 4.36. The zero-order chi connectivity index (χ0) is 18.2. The third kappa shape index (κ3) is 4.99. The molecule has 26 heavy (non-hydrogen) atoms. The molecule has 0 radical (unpaired) electrons. The van der Waals surface area contributed by atoms with Crippen molar-refractivity contribution in [2.75, 3.05) is 0 Å². The quantitative estimate of drug-likeness (QED) is 0.678. The van der Waals surface area contributed by atoms with E-state index in [1.807, 2.05) is 55.5 Å². The summed E-state index contributed by atoms with van der Waals surface area (Å²) in [4.78, 5) is 12.8. The van der Waals surface area contributed by atoms with Crippen LogP contribution in [0.25, 0.3) is 0 Å². The van der Waals surface area contributed by atoms with Crippen LogP contribution in [0, 0.1) is 0 Å². The van der Waals surface area contributed by atoms with E-state index in [4.69, 9.17) is 0 Å². The number of aryl methyl sites for hydroxylation is 1. The Labute approximate surface area is 153 Å². The van der Waals surface area contributed by atoms with Crippen LogP contribution >= 0.6 is 0 Å². The number of hydrogen-bond donors (Lipinski definition) is 1. The first-order valence-corrected chi connectivity index (χ1v) is 8.83. The molecule has 3 aromatic rings. The summed E-state index contributed by atoms with van der Waals surface area (Å²) in [6.45, 7) is 2.03. The zero-order valence-corrected chi connectivity index (χ0v) is 14.8. The molecule has 0 saturated heterocycles. The van der Waals surface area contributed by atoms with Gasteiger partial charge in [0.15, 0.2) is 0 Å². The number of hydrogen-bond acceptors (Lipinski definition) is 4. The number of rotatable bonds is 8. The summed E-state index contributed by atoms with van der Waals surface area (Å²) in [6, 6.07) is 19.8.